The summed E-state index contributed by atoms with van der Waals surface area (Å²) in [5.74, 6) is -1.21. The van der Waals surface area contributed by atoms with Crippen molar-refractivity contribution in [2.75, 3.05) is 31.7 Å². The Hall–Kier alpha value is -2.41. The zero-order valence-electron chi connectivity index (χ0n) is 11.1. The molecule has 0 aromatic heterocycles. The summed E-state index contributed by atoms with van der Waals surface area (Å²) in [5, 5.41) is 19.9. The lowest BCUT2D eigenvalue weighted by Crippen LogP contribution is -2.29. The molecule has 0 saturated carbocycles. The topological polar surface area (TPSA) is 92.9 Å². The fourth-order valence-corrected chi connectivity index (χ4v) is 1.75. The number of non-ortho nitro benzene ring substituents is 1. The number of nitro groups is 1. The van der Waals surface area contributed by atoms with E-state index >= 15 is 0 Å². The number of ether oxygens (including phenoxy) is 1. The van der Waals surface area contributed by atoms with E-state index < -0.39 is 10.9 Å². The molecule has 1 rings (SSSR count). The molecule has 0 aliphatic rings. The van der Waals surface area contributed by atoms with Gasteiger partial charge in [-0.3, -0.25) is 10.1 Å². The van der Waals surface area contributed by atoms with Crippen molar-refractivity contribution < 1.29 is 19.6 Å². The Kier molecular flexibility index (Phi) is 5.67. The molecule has 1 aromatic carbocycles. The first-order chi connectivity index (χ1) is 9.51. The minimum atomic E-state index is -1.21. The number of carboxylic acid groups (broad SMARTS) is 1. The highest BCUT2D eigenvalue weighted by molar-refractivity contribution is 5.95. The number of hydrogen-bond donors (Lipinski definition) is 1. The number of aromatic carboxylic acids is 1. The van der Waals surface area contributed by atoms with Crippen molar-refractivity contribution in [3.8, 4) is 0 Å². The zero-order valence-corrected chi connectivity index (χ0v) is 11.1. The predicted octanol–water partition coefficient (Wildman–Crippen LogP) is 1.93. The second kappa shape index (κ2) is 7.25. The third kappa shape index (κ3) is 3.79. The lowest BCUT2D eigenvalue weighted by Gasteiger charge is -2.24. The van der Waals surface area contributed by atoms with Crippen LogP contribution in [-0.4, -0.2) is 42.8 Å². The van der Waals surface area contributed by atoms with Gasteiger partial charge in [0.2, 0.25) is 0 Å². The molecule has 108 valence electrons. The fourth-order valence-electron chi connectivity index (χ4n) is 1.75. The van der Waals surface area contributed by atoms with Gasteiger partial charge in [-0.05, 0) is 6.07 Å². The van der Waals surface area contributed by atoms with E-state index in [9.17, 15) is 20.0 Å². The van der Waals surface area contributed by atoms with E-state index in [1.165, 1.54) is 12.1 Å². The number of nitro benzene ring substituents is 1. The van der Waals surface area contributed by atoms with Gasteiger partial charge in [0.15, 0.2) is 0 Å². The maximum atomic E-state index is 11.3. The number of nitrogens with zero attached hydrogens (tertiary/aromatic N) is 2. The summed E-state index contributed by atoms with van der Waals surface area (Å²) in [6.07, 6.45) is 1.63. The van der Waals surface area contributed by atoms with Crippen LogP contribution in [0.3, 0.4) is 0 Å². The Morgan fingerprint density at radius 3 is 2.80 bits per heavy atom. The van der Waals surface area contributed by atoms with Crippen molar-refractivity contribution in [2.45, 2.75) is 0 Å². The summed E-state index contributed by atoms with van der Waals surface area (Å²) in [5.41, 5.74) is 0.0358. The monoisotopic (exact) mass is 280 g/mol. The predicted molar refractivity (Wildman–Crippen MR) is 74.3 cm³/mol. The van der Waals surface area contributed by atoms with Gasteiger partial charge in [-0.15, -0.1) is 6.58 Å². The molecular weight excluding hydrogens is 264 g/mol. The molecule has 0 radical (unpaired) electrons. The molecule has 0 unspecified atom stereocenters. The highest BCUT2D eigenvalue weighted by atomic mass is 16.6. The summed E-state index contributed by atoms with van der Waals surface area (Å²) < 4.78 is 4.97. The number of methoxy groups -OCH3 is 1. The molecule has 7 nitrogen and oxygen atoms in total. The lowest BCUT2D eigenvalue weighted by atomic mass is 10.1. The van der Waals surface area contributed by atoms with Gasteiger partial charge in [0.05, 0.1) is 22.8 Å². The molecular formula is C13H16N2O5. The van der Waals surface area contributed by atoms with Crippen molar-refractivity contribution in [1.82, 2.24) is 0 Å². The summed E-state index contributed by atoms with van der Waals surface area (Å²) >= 11 is 0. The standard InChI is InChI=1S/C13H16N2O5/c1-3-6-14(7-8-20-2)12-5-4-10(15(18)19)9-11(12)13(16)17/h3-5,9H,1,6-8H2,2H3,(H,16,17). The zero-order chi connectivity index (χ0) is 15.1. The Morgan fingerprint density at radius 1 is 1.60 bits per heavy atom. The van der Waals surface area contributed by atoms with Gasteiger partial charge >= 0.3 is 5.97 Å². The van der Waals surface area contributed by atoms with Crippen LogP contribution in [0, 0.1) is 10.1 Å². The molecule has 1 N–H and O–H groups in total. The van der Waals surface area contributed by atoms with Gasteiger partial charge in [-0.1, -0.05) is 6.08 Å². The molecule has 1 aromatic rings. The van der Waals surface area contributed by atoms with Crippen LogP contribution >= 0.6 is 0 Å². The molecule has 0 atom stereocenters. The number of rotatable bonds is 8. The first-order valence-electron chi connectivity index (χ1n) is 5.87. The van der Waals surface area contributed by atoms with Crippen molar-refractivity contribution in [3.63, 3.8) is 0 Å². The third-order valence-electron chi connectivity index (χ3n) is 2.68. The molecule has 0 aliphatic heterocycles. The van der Waals surface area contributed by atoms with Crippen LogP contribution in [0.15, 0.2) is 30.9 Å². The Morgan fingerprint density at radius 2 is 2.30 bits per heavy atom. The molecule has 0 aliphatic carbocycles. The van der Waals surface area contributed by atoms with Gasteiger partial charge in [0.25, 0.3) is 5.69 Å². The molecule has 0 fully saturated rings. The van der Waals surface area contributed by atoms with Crippen LogP contribution < -0.4 is 4.90 Å². The van der Waals surface area contributed by atoms with E-state index in [0.717, 1.165) is 6.07 Å². The van der Waals surface area contributed by atoms with E-state index in [2.05, 4.69) is 6.58 Å². The summed E-state index contributed by atoms with van der Waals surface area (Å²) in [6.45, 7) is 4.90. The Balaban J connectivity index is 3.21. The van der Waals surface area contributed by atoms with Gasteiger partial charge in [0, 0.05) is 32.3 Å². The van der Waals surface area contributed by atoms with Gasteiger partial charge < -0.3 is 14.7 Å². The van der Waals surface area contributed by atoms with E-state index in [0.29, 0.717) is 25.4 Å². The molecule has 0 bridgehead atoms. The smallest absolute Gasteiger partial charge is 0.338 e. The first kappa shape index (κ1) is 15.6. The van der Waals surface area contributed by atoms with Crippen LogP contribution in [0.1, 0.15) is 10.4 Å². The lowest BCUT2D eigenvalue weighted by molar-refractivity contribution is -0.384. The Labute approximate surface area is 116 Å². The highest BCUT2D eigenvalue weighted by Crippen LogP contribution is 2.25. The minimum Gasteiger partial charge on any atom is -0.478 e. The van der Waals surface area contributed by atoms with Crippen LogP contribution in [0.25, 0.3) is 0 Å². The normalized spacial score (nSPS) is 10.1. The third-order valence-corrected chi connectivity index (χ3v) is 2.68. The second-order valence-electron chi connectivity index (χ2n) is 3.99. The van der Waals surface area contributed by atoms with Crippen LogP contribution in [0.2, 0.25) is 0 Å². The molecule has 0 amide bonds. The largest absolute Gasteiger partial charge is 0.478 e. The van der Waals surface area contributed by atoms with Crippen molar-refractivity contribution in [1.29, 1.82) is 0 Å². The molecule has 20 heavy (non-hydrogen) atoms. The SMILES string of the molecule is C=CCN(CCOC)c1ccc([N+](=O)[O-])cc1C(=O)O. The van der Waals surface area contributed by atoms with Gasteiger partial charge in [-0.25, -0.2) is 4.79 Å². The number of carbonyl (C=O) groups is 1. The maximum Gasteiger partial charge on any atom is 0.338 e. The molecule has 7 heteroatoms. The average Bonchev–Trinajstić information content (AvgIpc) is 2.42. The number of anilines is 1. The fraction of sp³-hybridized carbons (Fsp3) is 0.308. The maximum absolute atomic E-state index is 11.3. The first-order valence-corrected chi connectivity index (χ1v) is 5.87. The summed E-state index contributed by atoms with van der Waals surface area (Å²) in [6, 6.07) is 3.77. The minimum absolute atomic E-state index is 0.114. The second-order valence-corrected chi connectivity index (χ2v) is 3.99. The quantitative estimate of drug-likeness (QED) is 0.444. The average molecular weight is 280 g/mol. The van der Waals surface area contributed by atoms with Crippen molar-refractivity contribution in [2.24, 2.45) is 0 Å². The van der Waals surface area contributed by atoms with Crippen LogP contribution in [0.4, 0.5) is 11.4 Å². The van der Waals surface area contributed by atoms with E-state index in [-0.39, 0.29) is 11.3 Å². The number of benzene rings is 1. The highest BCUT2D eigenvalue weighted by Gasteiger charge is 2.19. The van der Waals surface area contributed by atoms with Gasteiger partial charge in [-0.2, -0.15) is 0 Å². The Bertz CT molecular complexity index is 515. The molecule has 0 spiro atoms. The molecule has 0 saturated heterocycles. The van der Waals surface area contributed by atoms with Crippen molar-refractivity contribution in [3.05, 3.63) is 46.5 Å². The number of carboxylic acids is 1. The van der Waals surface area contributed by atoms with Crippen LogP contribution in [-0.2, 0) is 4.74 Å². The summed E-state index contributed by atoms with van der Waals surface area (Å²) in [4.78, 5) is 23.1. The number of hydrogen-bond acceptors (Lipinski definition) is 5. The van der Waals surface area contributed by atoms with E-state index in [1.54, 1.807) is 18.1 Å². The van der Waals surface area contributed by atoms with Crippen molar-refractivity contribution >= 4 is 17.3 Å². The van der Waals surface area contributed by atoms with Crippen LogP contribution in [0.5, 0.6) is 0 Å². The molecule has 0 heterocycles. The summed E-state index contributed by atoms with van der Waals surface area (Å²) in [7, 11) is 1.54. The van der Waals surface area contributed by atoms with Gasteiger partial charge in [0.1, 0.15) is 0 Å². The van der Waals surface area contributed by atoms with E-state index in [1.807, 2.05) is 0 Å². The van der Waals surface area contributed by atoms with E-state index in [4.69, 9.17) is 4.74 Å².